The van der Waals surface area contributed by atoms with Crippen molar-refractivity contribution in [1.82, 2.24) is 10.0 Å². The Hall–Kier alpha value is -2.72. The number of nitrogens with zero attached hydrogens (tertiary/aromatic N) is 1. The van der Waals surface area contributed by atoms with Crippen molar-refractivity contribution in [3.05, 3.63) is 82.2 Å². The zero-order valence-electron chi connectivity index (χ0n) is 20.0. The van der Waals surface area contributed by atoms with Crippen LogP contribution in [0.3, 0.4) is 0 Å². The van der Waals surface area contributed by atoms with Gasteiger partial charge in [0.25, 0.3) is 10.0 Å². The third kappa shape index (κ3) is 5.64. The van der Waals surface area contributed by atoms with Crippen LogP contribution in [0.15, 0.2) is 70.3 Å². The van der Waals surface area contributed by atoms with E-state index in [0.717, 1.165) is 28.9 Å². The summed E-state index contributed by atoms with van der Waals surface area (Å²) in [6, 6.07) is 17.4. The summed E-state index contributed by atoms with van der Waals surface area (Å²) in [5.74, 6) is -0.826. The lowest BCUT2D eigenvalue weighted by molar-refractivity contribution is -0.122. The van der Waals surface area contributed by atoms with Crippen LogP contribution in [0.5, 0.6) is 0 Å². The third-order valence-electron chi connectivity index (χ3n) is 6.39. The molecular formula is C26H28ClN3O4S2. The molecule has 10 heteroatoms. The van der Waals surface area contributed by atoms with E-state index >= 15 is 0 Å². The van der Waals surface area contributed by atoms with Gasteiger partial charge in [0.05, 0.1) is 12.1 Å². The van der Waals surface area contributed by atoms with E-state index in [2.05, 4.69) is 10.0 Å². The zero-order valence-corrected chi connectivity index (χ0v) is 22.4. The number of carbonyl (C=O) groups excluding carboxylic acids is 2. The van der Waals surface area contributed by atoms with Gasteiger partial charge in [-0.3, -0.25) is 14.9 Å². The summed E-state index contributed by atoms with van der Waals surface area (Å²) in [6.45, 7) is 4.06. The lowest BCUT2D eigenvalue weighted by atomic mass is 9.94. The van der Waals surface area contributed by atoms with Gasteiger partial charge in [-0.2, -0.15) is 0 Å². The molecule has 190 valence electrons. The Kier molecular flexibility index (Phi) is 8.14. The van der Waals surface area contributed by atoms with Crippen molar-refractivity contribution in [3.8, 4) is 0 Å². The highest BCUT2D eigenvalue weighted by molar-refractivity contribution is 7.92. The molecule has 4 rings (SSSR count). The Morgan fingerprint density at radius 1 is 1.17 bits per heavy atom. The number of nitrogens with one attached hydrogen (secondary N) is 2. The number of sulfonamides is 1. The lowest BCUT2D eigenvalue weighted by Gasteiger charge is -2.28. The average Bonchev–Trinajstić information content (AvgIpc) is 3.38. The molecule has 0 radical (unpaired) electrons. The highest BCUT2D eigenvalue weighted by Crippen LogP contribution is 2.37. The van der Waals surface area contributed by atoms with Gasteiger partial charge in [0.15, 0.2) is 0 Å². The number of anilines is 1. The van der Waals surface area contributed by atoms with E-state index in [1.807, 2.05) is 50.2 Å². The van der Waals surface area contributed by atoms with Gasteiger partial charge < -0.3 is 4.90 Å². The average molecular weight is 546 g/mol. The minimum Gasteiger partial charge on any atom is -0.310 e. The first-order chi connectivity index (χ1) is 17.2. The Morgan fingerprint density at radius 3 is 2.58 bits per heavy atom. The van der Waals surface area contributed by atoms with Gasteiger partial charge in [0, 0.05) is 23.7 Å². The fraction of sp³-hybridized carbons (Fsp3) is 0.308. The van der Waals surface area contributed by atoms with Crippen LogP contribution in [0.25, 0.3) is 0 Å². The third-order valence-corrected chi connectivity index (χ3v) is 9.39. The number of hydrogen-bond donors (Lipinski definition) is 2. The molecule has 0 spiro atoms. The molecule has 0 saturated carbocycles. The Labute approximate surface area is 220 Å². The quantitative estimate of drug-likeness (QED) is 0.426. The van der Waals surface area contributed by atoms with Crippen molar-refractivity contribution in [3.63, 3.8) is 0 Å². The second-order valence-corrected chi connectivity index (χ2v) is 12.1. The molecule has 1 aliphatic rings. The van der Waals surface area contributed by atoms with Crippen LogP contribution in [0.4, 0.5) is 5.69 Å². The number of rotatable bonds is 8. The number of fused-ring (bicyclic) bond motifs is 1. The van der Waals surface area contributed by atoms with Crippen molar-refractivity contribution < 1.29 is 18.0 Å². The number of amides is 2. The van der Waals surface area contributed by atoms with Gasteiger partial charge in [-0.05, 0) is 46.7 Å². The smallest absolute Gasteiger partial charge is 0.273 e. The molecule has 0 bridgehead atoms. The molecule has 7 nitrogen and oxygen atoms in total. The van der Waals surface area contributed by atoms with E-state index in [-0.39, 0.29) is 35.0 Å². The number of thiophene rings is 1. The first-order valence-electron chi connectivity index (χ1n) is 11.7. The van der Waals surface area contributed by atoms with E-state index in [1.165, 1.54) is 6.07 Å². The SMILES string of the molecule is CCC(C)[C@@H]1NC(c2ccccc2)c2cc(Cl)ccc2N(CCC(=O)NS(=O)(=O)c2cccs2)C1=O. The maximum atomic E-state index is 13.8. The largest absolute Gasteiger partial charge is 0.310 e. The molecule has 0 fully saturated rings. The molecule has 0 aliphatic carbocycles. The fourth-order valence-electron chi connectivity index (χ4n) is 4.31. The van der Waals surface area contributed by atoms with Gasteiger partial charge in [0.1, 0.15) is 4.21 Å². The Morgan fingerprint density at radius 2 is 1.92 bits per heavy atom. The van der Waals surface area contributed by atoms with Crippen LogP contribution in [-0.4, -0.2) is 32.8 Å². The Bertz CT molecular complexity index is 1330. The van der Waals surface area contributed by atoms with E-state index in [9.17, 15) is 18.0 Å². The van der Waals surface area contributed by atoms with Crippen molar-refractivity contribution in [2.24, 2.45) is 5.92 Å². The molecule has 3 atom stereocenters. The van der Waals surface area contributed by atoms with Gasteiger partial charge >= 0.3 is 0 Å². The first-order valence-corrected chi connectivity index (χ1v) is 14.5. The maximum Gasteiger partial charge on any atom is 0.273 e. The van der Waals surface area contributed by atoms with Crippen molar-refractivity contribution in [2.75, 3.05) is 11.4 Å². The minimum atomic E-state index is -3.94. The molecule has 2 aromatic carbocycles. The predicted octanol–water partition coefficient (Wildman–Crippen LogP) is 4.74. The van der Waals surface area contributed by atoms with Crippen LogP contribution in [0, 0.1) is 5.92 Å². The van der Waals surface area contributed by atoms with Crippen molar-refractivity contribution >= 4 is 50.5 Å². The topological polar surface area (TPSA) is 95.6 Å². The van der Waals surface area contributed by atoms with Gasteiger partial charge in [-0.15, -0.1) is 11.3 Å². The summed E-state index contributed by atoms with van der Waals surface area (Å²) >= 11 is 7.41. The van der Waals surface area contributed by atoms with Gasteiger partial charge in [-0.25, -0.2) is 13.1 Å². The monoisotopic (exact) mass is 545 g/mol. The standard InChI is InChI=1S/C26H28ClN3O4S2/c1-3-17(2)24-26(32)30(14-13-22(31)29-36(33,34)23-10-7-15-35-23)21-12-11-19(27)16-20(21)25(28-24)18-8-5-4-6-9-18/h4-12,15-17,24-25,28H,3,13-14H2,1-2H3,(H,29,31)/t17?,24-,25?/m0/s1. The van der Waals surface area contributed by atoms with Crippen LogP contribution < -0.4 is 14.9 Å². The van der Waals surface area contributed by atoms with E-state index in [1.54, 1.807) is 28.5 Å². The molecule has 36 heavy (non-hydrogen) atoms. The molecule has 2 amide bonds. The molecule has 2 heterocycles. The summed E-state index contributed by atoms with van der Waals surface area (Å²) in [7, 11) is -3.94. The van der Waals surface area contributed by atoms with Gasteiger partial charge in [-0.1, -0.05) is 68.3 Å². The molecular weight excluding hydrogens is 518 g/mol. The Balaban J connectivity index is 1.67. The minimum absolute atomic E-state index is 0.0176. The summed E-state index contributed by atoms with van der Waals surface area (Å²) in [5.41, 5.74) is 2.45. The van der Waals surface area contributed by atoms with Gasteiger partial charge in [0.2, 0.25) is 11.8 Å². The molecule has 2 N–H and O–H groups in total. The number of hydrogen-bond acceptors (Lipinski definition) is 6. The second-order valence-electron chi connectivity index (χ2n) is 8.78. The molecule has 1 aliphatic heterocycles. The molecule has 1 aromatic heterocycles. The first kappa shape index (κ1) is 26.3. The lowest BCUT2D eigenvalue weighted by Crippen LogP contribution is -2.49. The summed E-state index contributed by atoms with van der Waals surface area (Å²) < 4.78 is 27.1. The fourth-order valence-corrected chi connectivity index (χ4v) is 6.49. The van der Waals surface area contributed by atoms with E-state index in [0.29, 0.717) is 10.7 Å². The normalized spacial score (nSPS) is 18.9. The number of halogens is 1. The molecule has 2 unspecified atom stereocenters. The summed E-state index contributed by atoms with van der Waals surface area (Å²) in [4.78, 5) is 28.1. The van der Waals surface area contributed by atoms with Crippen LogP contribution in [0.2, 0.25) is 5.02 Å². The highest BCUT2D eigenvalue weighted by Gasteiger charge is 2.37. The zero-order chi connectivity index (χ0) is 25.9. The van der Waals surface area contributed by atoms with Crippen molar-refractivity contribution in [2.45, 2.75) is 43.0 Å². The van der Waals surface area contributed by atoms with Crippen LogP contribution in [-0.2, 0) is 19.6 Å². The van der Waals surface area contributed by atoms with Crippen LogP contribution in [0.1, 0.15) is 43.9 Å². The summed E-state index contributed by atoms with van der Waals surface area (Å²) in [6.07, 6.45) is 0.594. The number of benzene rings is 2. The predicted molar refractivity (Wildman–Crippen MR) is 143 cm³/mol. The summed E-state index contributed by atoms with van der Waals surface area (Å²) in [5, 5.41) is 5.71. The van der Waals surface area contributed by atoms with E-state index in [4.69, 9.17) is 11.6 Å². The molecule has 0 saturated heterocycles. The van der Waals surface area contributed by atoms with Crippen LogP contribution >= 0.6 is 22.9 Å². The molecule has 3 aromatic rings. The van der Waals surface area contributed by atoms with Crippen molar-refractivity contribution in [1.29, 1.82) is 0 Å². The van der Waals surface area contributed by atoms with E-state index < -0.39 is 22.0 Å². The number of carbonyl (C=O) groups is 2. The second kappa shape index (κ2) is 11.1. The maximum absolute atomic E-state index is 13.8. The highest BCUT2D eigenvalue weighted by atomic mass is 35.5.